The number of amides is 1. The summed E-state index contributed by atoms with van der Waals surface area (Å²) < 4.78 is 10.9. The number of nitrogens with one attached hydrogen (secondary N) is 1. The Balaban J connectivity index is 1.68. The quantitative estimate of drug-likeness (QED) is 0.696. The van der Waals surface area contributed by atoms with Crippen LogP contribution in [0.25, 0.3) is 11.3 Å². The summed E-state index contributed by atoms with van der Waals surface area (Å²) in [6, 6.07) is 17.6. The first-order chi connectivity index (χ1) is 12.2. The van der Waals surface area contributed by atoms with Crippen molar-refractivity contribution in [3.63, 3.8) is 0 Å². The van der Waals surface area contributed by atoms with E-state index in [1.165, 1.54) is 0 Å². The van der Waals surface area contributed by atoms with E-state index in [9.17, 15) is 4.79 Å². The van der Waals surface area contributed by atoms with E-state index >= 15 is 0 Å². The second-order valence-corrected chi connectivity index (χ2v) is 5.68. The van der Waals surface area contributed by atoms with Crippen molar-refractivity contribution >= 4 is 23.2 Å². The average Bonchev–Trinajstić information content (AvgIpc) is 3.11. The number of para-hydroxylation sites is 1. The zero-order valence-corrected chi connectivity index (χ0v) is 14.0. The van der Waals surface area contributed by atoms with Crippen molar-refractivity contribution in [2.45, 2.75) is 6.61 Å². The summed E-state index contributed by atoms with van der Waals surface area (Å²) >= 11 is 6.20. The first-order valence-electron chi connectivity index (χ1n) is 7.63. The molecule has 2 N–H and O–H groups in total. The number of carbonyl (C=O) groups excluding carboxylic acids is 1. The normalized spacial score (nSPS) is 10.5. The third kappa shape index (κ3) is 4.41. The number of hydrogen-bond acceptors (Lipinski definition) is 4. The van der Waals surface area contributed by atoms with Gasteiger partial charge < -0.3 is 19.6 Å². The molecule has 5 nitrogen and oxygen atoms in total. The standard InChI is InChI=1S/C19H16ClNO4/c20-17-8-6-13(10-16(17)18-9-7-15(11-22)25-18)21-19(23)12-24-14-4-2-1-3-5-14/h1-10,22H,11-12H2,(H,21,23). The molecule has 3 aromatic rings. The highest BCUT2D eigenvalue weighted by atomic mass is 35.5. The van der Waals surface area contributed by atoms with Gasteiger partial charge in [0, 0.05) is 11.3 Å². The maximum atomic E-state index is 12.0. The topological polar surface area (TPSA) is 71.7 Å². The van der Waals surface area contributed by atoms with Gasteiger partial charge in [-0.05, 0) is 42.5 Å². The molecule has 6 heteroatoms. The van der Waals surface area contributed by atoms with Crippen molar-refractivity contribution in [2.24, 2.45) is 0 Å². The van der Waals surface area contributed by atoms with E-state index in [0.29, 0.717) is 33.5 Å². The molecule has 25 heavy (non-hydrogen) atoms. The molecule has 0 fully saturated rings. The zero-order chi connectivity index (χ0) is 17.6. The van der Waals surface area contributed by atoms with Crippen LogP contribution in [0.5, 0.6) is 5.75 Å². The molecule has 0 radical (unpaired) electrons. The van der Waals surface area contributed by atoms with Gasteiger partial charge in [0.25, 0.3) is 5.91 Å². The lowest BCUT2D eigenvalue weighted by Crippen LogP contribution is -2.20. The number of hydrogen-bond donors (Lipinski definition) is 2. The van der Waals surface area contributed by atoms with Crippen molar-refractivity contribution in [2.75, 3.05) is 11.9 Å². The molecule has 1 aromatic heterocycles. The van der Waals surface area contributed by atoms with Gasteiger partial charge in [0.05, 0.1) is 5.02 Å². The van der Waals surface area contributed by atoms with Crippen molar-refractivity contribution < 1.29 is 19.1 Å². The van der Waals surface area contributed by atoms with Gasteiger partial charge in [-0.25, -0.2) is 0 Å². The van der Waals surface area contributed by atoms with Gasteiger partial charge in [0.1, 0.15) is 23.9 Å². The van der Waals surface area contributed by atoms with Gasteiger partial charge >= 0.3 is 0 Å². The molecule has 128 valence electrons. The Labute approximate surface area is 149 Å². The number of rotatable bonds is 6. The summed E-state index contributed by atoms with van der Waals surface area (Å²) in [5.41, 5.74) is 1.20. The number of carbonyl (C=O) groups is 1. The second-order valence-electron chi connectivity index (χ2n) is 5.27. The van der Waals surface area contributed by atoms with Crippen LogP contribution in [0.15, 0.2) is 65.1 Å². The van der Waals surface area contributed by atoms with E-state index in [0.717, 1.165) is 0 Å². The number of ether oxygens (including phenoxy) is 1. The number of furan rings is 1. The third-order valence-electron chi connectivity index (χ3n) is 3.45. The summed E-state index contributed by atoms with van der Waals surface area (Å²) in [5, 5.41) is 12.3. The molecule has 0 spiro atoms. The summed E-state index contributed by atoms with van der Waals surface area (Å²) in [4.78, 5) is 12.0. The molecule has 0 saturated carbocycles. The number of benzene rings is 2. The van der Waals surface area contributed by atoms with Gasteiger partial charge in [-0.3, -0.25) is 4.79 Å². The molecule has 3 rings (SSSR count). The van der Waals surface area contributed by atoms with Crippen LogP contribution in [0.4, 0.5) is 5.69 Å². The molecule has 0 aliphatic carbocycles. The van der Waals surface area contributed by atoms with Gasteiger partial charge in [-0.15, -0.1) is 0 Å². The van der Waals surface area contributed by atoms with E-state index in [1.807, 2.05) is 18.2 Å². The molecule has 0 unspecified atom stereocenters. The summed E-state index contributed by atoms with van der Waals surface area (Å²) in [7, 11) is 0. The summed E-state index contributed by atoms with van der Waals surface area (Å²) in [6.45, 7) is -0.289. The average molecular weight is 358 g/mol. The number of halogens is 1. The second kappa shape index (κ2) is 7.88. The monoisotopic (exact) mass is 357 g/mol. The lowest BCUT2D eigenvalue weighted by molar-refractivity contribution is -0.118. The van der Waals surface area contributed by atoms with Gasteiger partial charge in [-0.2, -0.15) is 0 Å². The smallest absolute Gasteiger partial charge is 0.262 e. The fourth-order valence-electron chi connectivity index (χ4n) is 2.26. The number of aliphatic hydroxyl groups excluding tert-OH is 1. The highest BCUT2D eigenvalue weighted by molar-refractivity contribution is 6.33. The Bertz CT molecular complexity index is 861. The molecule has 1 heterocycles. The molecular weight excluding hydrogens is 342 g/mol. The maximum absolute atomic E-state index is 12.0. The largest absolute Gasteiger partial charge is 0.484 e. The van der Waals surface area contributed by atoms with Crippen LogP contribution in [-0.2, 0) is 11.4 Å². The zero-order valence-electron chi connectivity index (χ0n) is 13.2. The first kappa shape index (κ1) is 17.1. The van der Waals surface area contributed by atoms with Crippen molar-refractivity contribution in [1.82, 2.24) is 0 Å². The van der Waals surface area contributed by atoms with Crippen LogP contribution in [0.2, 0.25) is 5.02 Å². The Hall–Kier alpha value is -2.76. The van der Waals surface area contributed by atoms with Gasteiger partial charge in [0.2, 0.25) is 0 Å². The van der Waals surface area contributed by atoms with Gasteiger partial charge in [0.15, 0.2) is 6.61 Å². The Morgan fingerprint density at radius 2 is 1.92 bits per heavy atom. The molecule has 0 bridgehead atoms. The molecule has 0 aliphatic heterocycles. The summed E-state index contributed by atoms with van der Waals surface area (Å²) in [5.74, 6) is 1.30. The fourth-order valence-corrected chi connectivity index (χ4v) is 2.47. The molecule has 0 atom stereocenters. The van der Waals surface area contributed by atoms with Crippen LogP contribution in [0.1, 0.15) is 5.76 Å². The highest BCUT2D eigenvalue weighted by Gasteiger charge is 2.11. The summed E-state index contributed by atoms with van der Waals surface area (Å²) in [6.07, 6.45) is 0. The van der Waals surface area contributed by atoms with E-state index < -0.39 is 0 Å². The first-order valence-corrected chi connectivity index (χ1v) is 8.00. The Morgan fingerprint density at radius 1 is 1.12 bits per heavy atom. The van der Waals surface area contributed by atoms with Crippen LogP contribution in [0.3, 0.4) is 0 Å². The SMILES string of the molecule is O=C(COc1ccccc1)Nc1ccc(Cl)c(-c2ccc(CO)o2)c1. The predicted octanol–water partition coefficient (Wildman–Crippen LogP) is 4.11. The number of anilines is 1. The minimum Gasteiger partial charge on any atom is -0.484 e. The predicted molar refractivity (Wildman–Crippen MR) is 95.6 cm³/mol. The van der Waals surface area contributed by atoms with Crippen molar-refractivity contribution in [3.05, 3.63) is 71.4 Å². The molecule has 1 amide bonds. The molecule has 0 saturated heterocycles. The lowest BCUT2D eigenvalue weighted by Gasteiger charge is -2.09. The van der Waals surface area contributed by atoms with Crippen LogP contribution >= 0.6 is 11.6 Å². The minimum atomic E-state index is -0.285. The van der Waals surface area contributed by atoms with Gasteiger partial charge in [-0.1, -0.05) is 29.8 Å². The third-order valence-corrected chi connectivity index (χ3v) is 3.78. The van der Waals surface area contributed by atoms with Crippen molar-refractivity contribution in [1.29, 1.82) is 0 Å². The fraction of sp³-hybridized carbons (Fsp3) is 0.105. The highest BCUT2D eigenvalue weighted by Crippen LogP contribution is 2.32. The lowest BCUT2D eigenvalue weighted by atomic mass is 10.1. The minimum absolute atomic E-state index is 0.0998. The molecular formula is C19H16ClNO4. The molecule has 2 aromatic carbocycles. The Kier molecular flexibility index (Phi) is 5.38. The van der Waals surface area contributed by atoms with E-state index in [-0.39, 0.29) is 19.1 Å². The Morgan fingerprint density at radius 3 is 2.64 bits per heavy atom. The van der Waals surface area contributed by atoms with E-state index in [4.69, 9.17) is 25.9 Å². The number of aliphatic hydroxyl groups is 1. The van der Waals surface area contributed by atoms with Crippen LogP contribution in [-0.4, -0.2) is 17.6 Å². The van der Waals surface area contributed by atoms with Crippen LogP contribution in [0, 0.1) is 0 Å². The van der Waals surface area contributed by atoms with E-state index in [1.54, 1.807) is 42.5 Å². The van der Waals surface area contributed by atoms with E-state index in [2.05, 4.69) is 5.32 Å². The molecule has 0 aliphatic rings. The van der Waals surface area contributed by atoms with Crippen molar-refractivity contribution in [3.8, 4) is 17.1 Å². The van der Waals surface area contributed by atoms with Crippen LogP contribution < -0.4 is 10.1 Å². The maximum Gasteiger partial charge on any atom is 0.262 e.